The number of pyridine rings is 2. The highest BCUT2D eigenvalue weighted by molar-refractivity contribution is 6.56. The summed E-state index contributed by atoms with van der Waals surface area (Å²) in [6, 6.07) is 7.35. The zero-order valence-corrected chi connectivity index (χ0v) is 19.5. The van der Waals surface area contributed by atoms with Crippen molar-refractivity contribution in [3.05, 3.63) is 64.7 Å². The molecule has 0 amide bonds. The fourth-order valence-corrected chi connectivity index (χ4v) is 4.10. The summed E-state index contributed by atoms with van der Waals surface area (Å²) in [5, 5.41) is -0.332. The summed E-state index contributed by atoms with van der Waals surface area (Å²) >= 11 is 0. The maximum Gasteiger partial charge on any atom is 0.249 e. The highest BCUT2D eigenvalue weighted by Gasteiger charge is 2.49. The molecule has 1 saturated carbocycles. The van der Waals surface area contributed by atoms with E-state index in [1.54, 1.807) is 36.2 Å². The van der Waals surface area contributed by atoms with E-state index in [-0.39, 0.29) is 10.8 Å². The maximum absolute atomic E-state index is 12.3. The van der Waals surface area contributed by atoms with E-state index >= 15 is 0 Å². The fraction of sp³-hybridized carbons (Fsp3) is 0.364. The van der Waals surface area contributed by atoms with Crippen LogP contribution in [0, 0.1) is 18.8 Å². The summed E-state index contributed by atoms with van der Waals surface area (Å²) in [5.41, 5.74) is 2.65. The molecule has 3 aromatic rings. The summed E-state index contributed by atoms with van der Waals surface area (Å²) < 4.78 is 13.2. The van der Waals surface area contributed by atoms with Crippen molar-refractivity contribution in [3.63, 3.8) is 0 Å². The van der Waals surface area contributed by atoms with E-state index in [4.69, 9.17) is 9.47 Å². The van der Waals surface area contributed by atoms with Crippen molar-refractivity contribution in [2.45, 2.75) is 25.0 Å². The summed E-state index contributed by atoms with van der Waals surface area (Å²) in [5.74, 6) is 3.14. The molecule has 3 unspecified atom stereocenters. The summed E-state index contributed by atoms with van der Waals surface area (Å²) in [6.07, 6.45) is 5.38. The Morgan fingerprint density at radius 1 is 1.12 bits per heavy atom. The van der Waals surface area contributed by atoms with Crippen molar-refractivity contribution >= 4 is 23.5 Å². The largest absolute Gasteiger partial charge is 0.495 e. The Balaban J connectivity index is 1.56. The van der Waals surface area contributed by atoms with Crippen molar-refractivity contribution in [2.24, 2.45) is 11.8 Å². The van der Waals surface area contributed by atoms with E-state index in [1.165, 1.54) is 0 Å². The molecule has 3 atom stereocenters. The van der Waals surface area contributed by atoms with E-state index < -0.39 is 0 Å². The quantitative estimate of drug-likeness (QED) is 0.490. The third-order valence-corrected chi connectivity index (χ3v) is 6.13. The van der Waals surface area contributed by atoms with Crippen molar-refractivity contribution in [1.29, 1.82) is 0 Å². The van der Waals surface area contributed by atoms with E-state index in [0.29, 0.717) is 36.1 Å². The van der Waals surface area contributed by atoms with Gasteiger partial charge in [-0.1, -0.05) is 6.92 Å². The van der Waals surface area contributed by atoms with Gasteiger partial charge in [0.05, 0.1) is 25.5 Å². The molecule has 4 rings (SSSR count). The lowest BCUT2D eigenvalue weighted by molar-refractivity contribution is 0.280. The highest BCUT2D eigenvalue weighted by Crippen LogP contribution is 2.53. The van der Waals surface area contributed by atoms with Crippen LogP contribution < -0.4 is 15.0 Å². The van der Waals surface area contributed by atoms with Gasteiger partial charge in [-0.2, -0.15) is 4.98 Å². The molecule has 7 nitrogen and oxygen atoms in total. The molecule has 3 heterocycles. The minimum atomic E-state index is -0.332. The predicted molar refractivity (Wildman–Crippen MR) is 132 cm³/mol. The zero-order chi connectivity index (χ0) is 23.0. The molecule has 0 bridgehead atoms. The molecule has 162 valence electrons. The van der Waals surface area contributed by atoms with Crippen molar-refractivity contribution in [1.82, 2.24) is 19.5 Å². The molecular weight excluding hydrogens is 401 g/mol. The number of ether oxygens (including phenoxy) is 2. The second kappa shape index (κ2) is 8.49. The predicted octanol–water partition coefficient (Wildman–Crippen LogP) is -0.0871. The maximum atomic E-state index is 12.3. The van der Waals surface area contributed by atoms with Gasteiger partial charge in [0, 0.05) is 41.6 Å². The minimum Gasteiger partial charge on any atom is -0.495 e. The van der Waals surface area contributed by atoms with Crippen LogP contribution in [0.4, 0.5) is 0 Å². The lowest BCUT2D eigenvalue weighted by Gasteiger charge is -2.23. The first kappa shape index (κ1) is 22.2. The Bertz CT molecular complexity index is 1180. The lowest BCUT2D eigenvalue weighted by atomic mass is 9.49. The van der Waals surface area contributed by atoms with E-state index in [0.717, 1.165) is 22.6 Å². The van der Waals surface area contributed by atoms with Gasteiger partial charge >= 0.3 is 0 Å². The Hall–Kier alpha value is -3.03. The molecule has 1 fully saturated rings. The normalized spacial score (nSPS) is 20.0. The average molecular weight is 428 g/mol. The van der Waals surface area contributed by atoms with Crippen LogP contribution in [-0.2, 0) is 5.24 Å². The number of rotatable bonds is 7. The zero-order valence-electron chi connectivity index (χ0n) is 19.5. The molecule has 3 aromatic heterocycles. The van der Waals surface area contributed by atoms with Crippen LogP contribution in [0.25, 0.3) is 11.1 Å². The Labute approximate surface area is 190 Å². The molecular formula is C22H27B3N4O3. The molecule has 0 aliphatic heterocycles. The van der Waals surface area contributed by atoms with Crippen molar-refractivity contribution < 1.29 is 9.47 Å². The molecule has 1 aliphatic carbocycles. The van der Waals surface area contributed by atoms with Crippen LogP contribution in [0.1, 0.15) is 24.4 Å². The van der Waals surface area contributed by atoms with Crippen LogP contribution in [0.15, 0.2) is 47.7 Å². The second-order valence-corrected chi connectivity index (χ2v) is 9.42. The molecule has 1 aliphatic rings. The fourth-order valence-electron chi connectivity index (χ4n) is 4.10. The van der Waals surface area contributed by atoms with Crippen LogP contribution in [0.2, 0.25) is 0 Å². The lowest BCUT2D eigenvalue weighted by Crippen LogP contribution is -2.42. The van der Waals surface area contributed by atoms with Crippen LogP contribution in [-0.4, -0.2) is 56.8 Å². The third-order valence-electron chi connectivity index (χ3n) is 6.13. The molecule has 10 heteroatoms. The second-order valence-electron chi connectivity index (χ2n) is 9.42. The number of methoxy groups -OCH3 is 1. The van der Waals surface area contributed by atoms with E-state index in [1.807, 2.05) is 48.8 Å². The first-order chi connectivity index (χ1) is 15.2. The summed E-state index contributed by atoms with van der Waals surface area (Å²) in [6.45, 7) is 4.61. The Morgan fingerprint density at radius 2 is 1.91 bits per heavy atom. The van der Waals surface area contributed by atoms with Gasteiger partial charge in [0.1, 0.15) is 35.1 Å². The molecule has 0 radical (unpaired) electrons. The van der Waals surface area contributed by atoms with Gasteiger partial charge in [0.25, 0.3) is 0 Å². The number of hydrogen-bond acceptors (Lipinski definition) is 6. The standard InChI is InChI=1S/C22H27B3N4O3/c1-12-17(20(12)18-6-5-15(31-3)8-27-18)11-32-21-16(9-26-13(2)28-21)14-4-7-19(30)29(10-14)22(23,24)25/h4-10,12,17,20H,11,23-25H2,1-3H3. The molecule has 0 aromatic carbocycles. The van der Waals surface area contributed by atoms with E-state index in [2.05, 4.69) is 21.9 Å². The van der Waals surface area contributed by atoms with Gasteiger partial charge in [-0.3, -0.25) is 9.78 Å². The number of aryl methyl sites for hydroxylation is 1. The topological polar surface area (TPSA) is 79.1 Å². The van der Waals surface area contributed by atoms with E-state index in [9.17, 15) is 4.79 Å². The van der Waals surface area contributed by atoms with Crippen LogP contribution in [0.5, 0.6) is 11.6 Å². The number of aromatic nitrogens is 4. The van der Waals surface area contributed by atoms with Crippen LogP contribution in [0.3, 0.4) is 0 Å². The van der Waals surface area contributed by atoms with Gasteiger partial charge in [-0.15, -0.1) is 0 Å². The van der Waals surface area contributed by atoms with Crippen molar-refractivity contribution in [2.75, 3.05) is 13.7 Å². The number of hydrogen-bond donors (Lipinski definition) is 0. The highest BCUT2D eigenvalue weighted by atomic mass is 16.5. The summed E-state index contributed by atoms with van der Waals surface area (Å²) in [4.78, 5) is 25.8. The van der Waals surface area contributed by atoms with Crippen LogP contribution >= 0.6 is 0 Å². The molecule has 0 N–H and O–H groups in total. The SMILES string of the molecule is BC(B)(B)n1cc(-c2cnc(C)nc2OCC2C(C)C2c2ccc(OC)cn2)ccc1=O. The van der Waals surface area contributed by atoms with Gasteiger partial charge in [-0.25, -0.2) is 4.98 Å². The van der Waals surface area contributed by atoms with Gasteiger partial charge in [-0.05, 0) is 36.3 Å². The first-order valence-corrected chi connectivity index (χ1v) is 10.9. The molecule has 0 spiro atoms. The average Bonchev–Trinajstić information content (AvgIpc) is 3.41. The Morgan fingerprint density at radius 3 is 2.56 bits per heavy atom. The monoisotopic (exact) mass is 428 g/mol. The number of nitrogens with zero attached hydrogens (tertiary/aromatic N) is 4. The molecule has 0 saturated heterocycles. The van der Waals surface area contributed by atoms with Gasteiger partial charge < -0.3 is 14.0 Å². The first-order valence-electron chi connectivity index (χ1n) is 10.9. The Kier molecular flexibility index (Phi) is 5.88. The molecule has 32 heavy (non-hydrogen) atoms. The van der Waals surface area contributed by atoms with Crippen molar-refractivity contribution in [3.8, 4) is 22.8 Å². The third kappa shape index (κ3) is 4.45. The summed E-state index contributed by atoms with van der Waals surface area (Å²) in [7, 11) is 7.65. The smallest absolute Gasteiger partial charge is 0.249 e. The van der Waals surface area contributed by atoms with Gasteiger partial charge in [0.2, 0.25) is 11.4 Å². The van der Waals surface area contributed by atoms with Gasteiger partial charge in [0.15, 0.2) is 0 Å². The minimum absolute atomic E-state index is 0.0432.